The Hall–Kier alpha value is -3.38. The van der Waals surface area contributed by atoms with E-state index in [0.717, 1.165) is 0 Å². The number of nitrogens with one attached hydrogen (secondary N) is 1. The fourth-order valence-electron chi connectivity index (χ4n) is 2.52. The van der Waals surface area contributed by atoms with Crippen LogP contribution in [-0.2, 0) is 0 Å². The molecule has 6 nitrogen and oxygen atoms in total. The standard InChI is InChI=1S/C19H13ClN2O4/c20-14-10-13(21-15-8-4-5-9-16(15)22(25)26)11-17(23)18(14)19(24)12-6-2-1-3-7-12/h1-11,21,23H. The molecular formula is C19H13ClN2O4. The molecule has 0 unspecified atom stereocenters. The first-order valence-electron chi connectivity index (χ1n) is 7.60. The van der Waals surface area contributed by atoms with Crippen molar-refractivity contribution in [2.45, 2.75) is 0 Å². The molecule has 26 heavy (non-hydrogen) atoms. The molecule has 0 heterocycles. The molecule has 3 rings (SSSR count). The van der Waals surface area contributed by atoms with Crippen LogP contribution in [0.15, 0.2) is 66.7 Å². The highest BCUT2D eigenvalue weighted by Gasteiger charge is 2.19. The largest absolute Gasteiger partial charge is 0.507 e. The molecule has 0 saturated heterocycles. The van der Waals surface area contributed by atoms with Gasteiger partial charge in [0.2, 0.25) is 0 Å². The minimum atomic E-state index is -0.517. The Bertz CT molecular complexity index is 967. The molecule has 0 saturated carbocycles. The normalized spacial score (nSPS) is 10.3. The summed E-state index contributed by atoms with van der Waals surface area (Å²) in [5.41, 5.74) is 0.823. The minimum absolute atomic E-state index is 0.0222. The molecule has 0 spiro atoms. The van der Waals surface area contributed by atoms with Gasteiger partial charge in [-0.2, -0.15) is 0 Å². The average Bonchev–Trinajstić information content (AvgIpc) is 2.62. The summed E-state index contributed by atoms with van der Waals surface area (Å²) in [5, 5.41) is 24.3. The fourth-order valence-corrected chi connectivity index (χ4v) is 2.82. The molecule has 2 N–H and O–H groups in total. The summed E-state index contributed by atoms with van der Waals surface area (Å²) >= 11 is 6.19. The number of nitro groups is 1. The van der Waals surface area contributed by atoms with E-state index in [1.807, 2.05) is 0 Å². The molecule has 130 valence electrons. The number of benzene rings is 3. The lowest BCUT2D eigenvalue weighted by atomic mass is 10.0. The van der Waals surface area contributed by atoms with Gasteiger partial charge in [0.05, 0.1) is 15.5 Å². The Morgan fingerprint density at radius 3 is 2.35 bits per heavy atom. The Morgan fingerprint density at radius 1 is 1.04 bits per heavy atom. The Labute approximate surface area is 153 Å². The van der Waals surface area contributed by atoms with E-state index in [-0.39, 0.29) is 27.7 Å². The van der Waals surface area contributed by atoms with E-state index in [9.17, 15) is 20.0 Å². The van der Waals surface area contributed by atoms with Crippen molar-refractivity contribution >= 4 is 34.4 Å². The lowest BCUT2D eigenvalue weighted by molar-refractivity contribution is -0.383. The van der Waals surface area contributed by atoms with Crippen molar-refractivity contribution in [1.29, 1.82) is 0 Å². The van der Waals surface area contributed by atoms with Crippen molar-refractivity contribution in [3.63, 3.8) is 0 Å². The van der Waals surface area contributed by atoms with Gasteiger partial charge in [-0.15, -0.1) is 0 Å². The number of carbonyl (C=O) groups excluding carboxylic acids is 1. The maximum atomic E-state index is 12.5. The zero-order valence-electron chi connectivity index (χ0n) is 13.3. The van der Waals surface area contributed by atoms with Crippen LogP contribution in [-0.4, -0.2) is 15.8 Å². The van der Waals surface area contributed by atoms with Crippen LogP contribution in [0.5, 0.6) is 5.75 Å². The van der Waals surface area contributed by atoms with E-state index in [0.29, 0.717) is 11.3 Å². The van der Waals surface area contributed by atoms with Crippen molar-refractivity contribution in [1.82, 2.24) is 0 Å². The number of hydrogen-bond donors (Lipinski definition) is 2. The maximum absolute atomic E-state index is 12.5. The van der Waals surface area contributed by atoms with Gasteiger partial charge in [-0.3, -0.25) is 14.9 Å². The van der Waals surface area contributed by atoms with E-state index >= 15 is 0 Å². The number of aromatic hydroxyl groups is 1. The van der Waals surface area contributed by atoms with Gasteiger partial charge in [0, 0.05) is 23.4 Å². The van der Waals surface area contributed by atoms with Crippen LogP contribution in [0.4, 0.5) is 17.1 Å². The number of nitro benzene ring substituents is 1. The van der Waals surface area contributed by atoms with Gasteiger partial charge in [-0.25, -0.2) is 0 Å². The molecule has 0 radical (unpaired) electrons. The number of halogens is 1. The molecular weight excluding hydrogens is 356 g/mol. The van der Waals surface area contributed by atoms with Crippen LogP contribution in [0.1, 0.15) is 15.9 Å². The molecule has 0 bridgehead atoms. The predicted octanol–water partition coefficient (Wildman–Crippen LogP) is 4.93. The number of carbonyl (C=O) groups is 1. The number of nitrogens with zero attached hydrogens (tertiary/aromatic N) is 1. The van der Waals surface area contributed by atoms with Gasteiger partial charge in [-0.1, -0.05) is 54.1 Å². The Kier molecular flexibility index (Phi) is 4.86. The van der Waals surface area contributed by atoms with Crippen LogP contribution in [0.3, 0.4) is 0 Å². The average molecular weight is 369 g/mol. The van der Waals surface area contributed by atoms with Gasteiger partial charge in [0.15, 0.2) is 5.78 Å². The van der Waals surface area contributed by atoms with Crippen molar-refractivity contribution < 1.29 is 14.8 Å². The molecule has 3 aromatic rings. The van der Waals surface area contributed by atoms with E-state index in [1.165, 1.54) is 24.3 Å². The third-order valence-electron chi connectivity index (χ3n) is 3.71. The van der Waals surface area contributed by atoms with E-state index in [1.54, 1.807) is 42.5 Å². The first-order chi connectivity index (χ1) is 12.5. The quantitative estimate of drug-likeness (QED) is 0.378. The van der Waals surface area contributed by atoms with E-state index < -0.39 is 10.7 Å². The molecule has 0 aliphatic heterocycles. The van der Waals surface area contributed by atoms with Crippen molar-refractivity contribution in [2.75, 3.05) is 5.32 Å². The number of hydrogen-bond acceptors (Lipinski definition) is 5. The second-order valence-corrected chi connectivity index (χ2v) is 5.85. The van der Waals surface area contributed by atoms with E-state index in [2.05, 4.69) is 5.32 Å². The number of anilines is 2. The molecule has 0 amide bonds. The maximum Gasteiger partial charge on any atom is 0.292 e. The van der Waals surface area contributed by atoms with Crippen LogP contribution in [0.2, 0.25) is 5.02 Å². The summed E-state index contributed by atoms with van der Waals surface area (Å²) in [4.78, 5) is 23.1. The Balaban J connectivity index is 1.96. The molecule has 0 fully saturated rings. The molecule has 0 aromatic heterocycles. The lowest BCUT2D eigenvalue weighted by Gasteiger charge is -2.11. The van der Waals surface area contributed by atoms with Crippen molar-refractivity contribution in [2.24, 2.45) is 0 Å². The zero-order chi connectivity index (χ0) is 18.7. The lowest BCUT2D eigenvalue weighted by Crippen LogP contribution is -2.03. The highest BCUT2D eigenvalue weighted by atomic mass is 35.5. The number of ketones is 1. The SMILES string of the molecule is O=C(c1ccccc1)c1c(O)cc(Nc2ccccc2[N+](=O)[O-])cc1Cl. The van der Waals surface area contributed by atoms with Crippen LogP contribution < -0.4 is 5.32 Å². The van der Waals surface area contributed by atoms with Gasteiger partial charge in [0.1, 0.15) is 11.4 Å². The number of para-hydroxylation sites is 2. The second kappa shape index (κ2) is 7.25. The third kappa shape index (κ3) is 3.50. The molecule has 7 heteroatoms. The molecule has 3 aromatic carbocycles. The van der Waals surface area contributed by atoms with Crippen LogP contribution in [0.25, 0.3) is 0 Å². The summed E-state index contributed by atoms with van der Waals surface area (Å²) in [7, 11) is 0. The van der Waals surface area contributed by atoms with Gasteiger partial charge >= 0.3 is 0 Å². The predicted molar refractivity (Wildman–Crippen MR) is 99.4 cm³/mol. The number of phenols is 1. The van der Waals surface area contributed by atoms with Gasteiger partial charge < -0.3 is 10.4 Å². The minimum Gasteiger partial charge on any atom is -0.507 e. The fraction of sp³-hybridized carbons (Fsp3) is 0. The van der Waals surface area contributed by atoms with Crippen molar-refractivity contribution in [3.8, 4) is 5.75 Å². The summed E-state index contributed by atoms with van der Waals surface area (Å²) in [5.74, 6) is -0.724. The van der Waals surface area contributed by atoms with Crippen LogP contribution in [0, 0.1) is 10.1 Å². The zero-order valence-corrected chi connectivity index (χ0v) is 14.1. The summed E-state index contributed by atoms with van der Waals surface area (Å²) in [6.45, 7) is 0. The molecule has 0 aliphatic carbocycles. The van der Waals surface area contributed by atoms with Crippen LogP contribution >= 0.6 is 11.6 Å². The summed E-state index contributed by atoms with van der Waals surface area (Å²) < 4.78 is 0. The monoisotopic (exact) mass is 368 g/mol. The number of rotatable bonds is 5. The topological polar surface area (TPSA) is 92.5 Å². The highest BCUT2D eigenvalue weighted by Crippen LogP contribution is 2.35. The first-order valence-corrected chi connectivity index (χ1v) is 7.98. The summed E-state index contributed by atoms with van der Waals surface area (Å²) in [6.07, 6.45) is 0. The second-order valence-electron chi connectivity index (χ2n) is 5.45. The smallest absolute Gasteiger partial charge is 0.292 e. The molecule has 0 atom stereocenters. The first kappa shape index (κ1) is 17.4. The van der Waals surface area contributed by atoms with Crippen molar-refractivity contribution in [3.05, 3.63) is 93.0 Å². The summed E-state index contributed by atoms with van der Waals surface area (Å²) in [6, 6.07) is 17.3. The van der Waals surface area contributed by atoms with E-state index in [4.69, 9.17) is 11.6 Å². The van der Waals surface area contributed by atoms with Gasteiger partial charge in [-0.05, 0) is 12.1 Å². The van der Waals surface area contributed by atoms with Gasteiger partial charge in [0.25, 0.3) is 5.69 Å². The third-order valence-corrected chi connectivity index (χ3v) is 4.01. The highest BCUT2D eigenvalue weighted by molar-refractivity contribution is 6.35. The molecule has 0 aliphatic rings. The Morgan fingerprint density at radius 2 is 1.69 bits per heavy atom. The number of phenolic OH excluding ortho intramolecular Hbond substituents is 1.